The summed E-state index contributed by atoms with van der Waals surface area (Å²) in [7, 11) is 0. The molecule has 1 aromatic rings. The van der Waals surface area contributed by atoms with Crippen LogP contribution in [0.4, 0.5) is 0 Å². The summed E-state index contributed by atoms with van der Waals surface area (Å²) in [4.78, 5) is 46.8. The van der Waals surface area contributed by atoms with Crippen LogP contribution in [-0.2, 0) is 49.5 Å². The van der Waals surface area contributed by atoms with Crippen LogP contribution in [0.5, 0.6) is 0 Å². The molecular formula is C21H25Cl2NO9. The topological polar surface area (TPSA) is 126 Å². The summed E-state index contributed by atoms with van der Waals surface area (Å²) < 4.78 is 27.5. The maximum atomic E-state index is 11.9. The molecule has 10 nitrogen and oxygen atoms in total. The fourth-order valence-electron chi connectivity index (χ4n) is 3.24. The fraction of sp³-hybridized carbons (Fsp3) is 0.524. The van der Waals surface area contributed by atoms with Gasteiger partial charge in [-0.2, -0.15) is 0 Å². The van der Waals surface area contributed by atoms with Gasteiger partial charge in [-0.25, -0.2) is 0 Å². The maximum absolute atomic E-state index is 11.9. The molecule has 1 aromatic carbocycles. The van der Waals surface area contributed by atoms with Crippen molar-refractivity contribution in [3.63, 3.8) is 0 Å². The number of esters is 3. The SMILES string of the molecule is CC(=O)N[C@@H]1[C@H](OCc2ccc(Cl)cc2Cl)O[C@H](COC(C)=O)[C@@H](OC(C)=O)[C@@H]1OC(C)=O. The van der Waals surface area contributed by atoms with Crippen molar-refractivity contribution < 1.29 is 42.9 Å². The van der Waals surface area contributed by atoms with Gasteiger partial charge in [0.05, 0.1) is 6.61 Å². The Hall–Kier alpha value is -2.40. The summed E-state index contributed by atoms with van der Waals surface area (Å²) in [6.07, 6.45) is -4.63. The van der Waals surface area contributed by atoms with Crippen LogP contribution < -0.4 is 5.32 Å². The molecule has 33 heavy (non-hydrogen) atoms. The molecule has 2 rings (SSSR count). The van der Waals surface area contributed by atoms with Crippen molar-refractivity contribution in [3.05, 3.63) is 33.8 Å². The van der Waals surface area contributed by atoms with Crippen LogP contribution in [0.3, 0.4) is 0 Å². The second-order valence-corrected chi connectivity index (χ2v) is 8.11. The average Bonchev–Trinajstić information content (AvgIpc) is 2.68. The van der Waals surface area contributed by atoms with Crippen molar-refractivity contribution in [2.75, 3.05) is 6.61 Å². The number of carbonyl (C=O) groups is 4. The molecular weight excluding hydrogens is 481 g/mol. The minimum Gasteiger partial charge on any atom is -0.463 e. The van der Waals surface area contributed by atoms with Crippen LogP contribution >= 0.6 is 23.2 Å². The molecule has 182 valence electrons. The van der Waals surface area contributed by atoms with E-state index < -0.39 is 54.5 Å². The highest BCUT2D eigenvalue weighted by Gasteiger charge is 2.51. The zero-order valence-electron chi connectivity index (χ0n) is 18.5. The van der Waals surface area contributed by atoms with Gasteiger partial charge in [0.2, 0.25) is 5.91 Å². The molecule has 1 heterocycles. The lowest BCUT2D eigenvalue weighted by Gasteiger charge is -2.44. The standard InChI is InChI=1S/C21H25Cl2NO9/c1-10(25)24-18-20(32-13(4)28)19(31-12(3)27)17(9-29-11(2)26)33-21(18)30-8-14-5-6-15(22)7-16(14)23/h5-7,17-21H,8-9H2,1-4H3,(H,24,25)/t17-,18+,19-,20-,21-/m1/s1. The predicted molar refractivity (Wildman–Crippen MR) is 115 cm³/mol. The Morgan fingerprint density at radius 1 is 0.970 bits per heavy atom. The molecule has 1 aliphatic rings. The minimum atomic E-state index is -1.20. The van der Waals surface area contributed by atoms with Crippen molar-refractivity contribution in [1.29, 1.82) is 0 Å². The Morgan fingerprint density at radius 3 is 2.15 bits per heavy atom. The third-order valence-electron chi connectivity index (χ3n) is 4.49. The molecule has 0 saturated carbocycles. The monoisotopic (exact) mass is 505 g/mol. The van der Waals surface area contributed by atoms with Crippen molar-refractivity contribution in [1.82, 2.24) is 5.32 Å². The van der Waals surface area contributed by atoms with Gasteiger partial charge in [0.15, 0.2) is 18.5 Å². The van der Waals surface area contributed by atoms with Gasteiger partial charge in [0.1, 0.15) is 18.8 Å². The molecule has 12 heteroatoms. The molecule has 1 N–H and O–H groups in total. The molecule has 1 amide bonds. The van der Waals surface area contributed by atoms with Crippen LogP contribution in [0.2, 0.25) is 10.0 Å². The zero-order chi connectivity index (χ0) is 24.7. The van der Waals surface area contributed by atoms with Gasteiger partial charge >= 0.3 is 17.9 Å². The van der Waals surface area contributed by atoms with E-state index in [9.17, 15) is 19.2 Å². The Morgan fingerprint density at radius 2 is 1.61 bits per heavy atom. The Kier molecular flexibility index (Phi) is 9.90. The number of benzene rings is 1. The van der Waals surface area contributed by atoms with Crippen LogP contribution in [0.15, 0.2) is 18.2 Å². The first-order valence-corrected chi connectivity index (χ1v) is 10.7. The summed E-state index contributed by atoms with van der Waals surface area (Å²) in [5.41, 5.74) is 0.578. The van der Waals surface area contributed by atoms with Crippen LogP contribution in [0.1, 0.15) is 33.3 Å². The molecule has 0 aliphatic carbocycles. The van der Waals surface area contributed by atoms with Gasteiger partial charge < -0.3 is 29.0 Å². The highest BCUT2D eigenvalue weighted by molar-refractivity contribution is 6.35. The average molecular weight is 506 g/mol. The lowest BCUT2D eigenvalue weighted by Crippen LogP contribution is -2.66. The van der Waals surface area contributed by atoms with Crippen LogP contribution in [-0.4, -0.2) is 61.1 Å². The highest BCUT2D eigenvalue weighted by atomic mass is 35.5. The van der Waals surface area contributed by atoms with E-state index in [-0.39, 0.29) is 13.2 Å². The van der Waals surface area contributed by atoms with Crippen LogP contribution in [0.25, 0.3) is 0 Å². The van der Waals surface area contributed by atoms with Crippen molar-refractivity contribution in [2.24, 2.45) is 0 Å². The quantitative estimate of drug-likeness (QED) is 0.417. The third-order valence-corrected chi connectivity index (χ3v) is 5.08. The van der Waals surface area contributed by atoms with E-state index in [4.69, 9.17) is 46.9 Å². The summed E-state index contributed by atoms with van der Waals surface area (Å²) in [5, 5.41) is 3.40. The van der Waals surface area contributed by atoms with Crippen molar-refractivity contribution >= 4 is 47.0 Å². The van der Waals surface area contributed by atoms with E-state index in [0.717, 1.165) is 13.8 Å². The smallest absolute Gasteiger partial charge is 0.303 e. The van der Waals surface area contributed by atoms with E-state index in [1.807, 2.05) is 0 Å². The lowest BCUT2D eigenvalue weighted by molar-refractivity contribution is -0.280. The fourth-order valence-corrected chi connectivity index (χ4v) is 3.71. The number of hydrogen-bond donors (Lipinski definition) is 1. The largest absolute Gasteiger partial charge is 0.463 e. The highest BCUT2D eigenvalue weighted by Crippen LogP contribution is 2.29. The van der Waals surface area contributed by atoms with E-state index in [0.29, 0.717) is 15.6 Å². The van der Waals surface area contributed by atoms with E-state index in [1.165, 1.54) is 19.9 Å². The first kappa shape index (κ1) is 26.8. The van der Waals surface area contributed by atoms with Crippen molar-refractivity contribution in [2.45, 2.75) is 64.9 Å². The Labute approximate surface area is 200 Å². The molecule has 0 aromatic heterocycles. The maximum Gasteiger partial charge on any atom is 0.303 e. The molecule has 1 aliphatic heterocycles. The normalized spacial score (nSPS) is 24.5. The number of rotatable bonds is 8. The third kappa shape index (κ3) is 8.15. The molecule has 1 fully saturated rings. The number of amides is 1. The van der Waals surface area contributed by atoms with Gasteiger partial charge in [0, 0.05) is 37.7 Å². The summed E-state index contributed by atoms with van der Waals surface area (Å²) in [6.45, 7) is 4.40. The van der Waals surface area contributed by atoms with Gasteiger partial charge in [-0.1, -0.05) is 29.3 Å². The number of carbonyl (C=O) groups excluding carboxylic acids is 4. The first-order chi connectivity index (χ1) is 15.5. The van der Waals surface area contributed by atoms with Gasteiger partial charge in [0.25, 0.3) is 0 Å². The molecule has 0 spiro atoms. The molecule has 0 radical (unpaired) electrons. The summed E-state index contributed by atoms with van der Waals surface area (Å²) in [5.74, 6) is -2.46. The van der Waals surface area contributed by atoms with E-state index in [1.54, 1.807) is 12.1 Å². The molecule has 0 bridgehead atoms. The number of hydrogen-bond acceptors (Lipinski definition) is 9. The second-order valence-electron chi connectivity index (χ2n) is 7.27. The minimum absolute atomic E-state index is 0.0535. The van der Waals surface area contributed by atoms with Crippen LogP contribution in [0, 0.1) is 0 Å². The predicted octanol–water partition coefficient (Wildman–Crippen LogP) is 2.17. The Balaban J connectivity index is 2.38. The van der Waals surface area contributed by atoms with Gasteiger partial charge in [-0.05, 0) is 17.7 Å². The van der Waals surface area contributed by atoms with Gasteiger partial charge in [-0.3, -0.25) is 19.2 Å². The second kappa shape index (κ2) is 12.2. The first-order valence-electron chi connectivity index (χ1n) is 9.93. The number of ether oxygens (including phenoxy) is 5. The molecule has 0 unspecified atom stereocenters. The molecule has 5 atom stereocenters. The molecule has 1 saturated heterocycles. The van der Waals surface area contributed by atoms with E-state index >= 15 is 0 Å². The lowest BCUT2D eigenvalue weighted by atomic mass is 9.96. The van der Waals surface area contributed by atoms with Gasteiger partial charge in [-0.15, -0.1) is 0 Å². The summed E-state index contributed by atoms with van der Waals surface area (Å²) >= 11 is 12.1. The Bertz CT molecular complexity index is 894. The van der Waals surface area contributed by atoms with E-state index in [2.05, 4.69) is 5.32 Å². The summed E-state index contributed by atoms with van der Waals surface area (Å²) in [6, 6.07) is 3.76. The van der Waals surface area contributed by atoms with Crippen molar-refractivity contribution in [3.8, 4) is 0 Å². The number of nitrogens with one attached hydrogen (secondary N) is 1. The zero-order valence-corrected chi connectivity index (χ0v) is 20.0. The number of halogens is 2.